The Balaban J connectivity index is 1.61. The Morgan fingerprint density at radius 2 is 2.12 bits per heavy atom. The van der Waals surface area contributed by atoms with Gasteiger partial charge in [0.25, 0.3) is 5.91 Å². The van der Waals surface area contributed by atoms with Crippen LogP contribution in [-0.2, 0) is 7.05 Å². The summed E-state index contributed by atoms with van der Waals surface area (Å²) in [7, 11) is 1.74. The summed E-state index contributed by atoms with van der Waals surface area (Å²) in [5, 5.41) is 15.4. The molecule has 25 heavy (non-hydrogen) atoms. The number of halogens is 1. The molecule has 2 heterocycles. The number of carbonyl (C=O) groups excluding carboxylic acids is 1. The largest absolute Gasteiger partial charge is 0.298 e. The van der Waals surface area contributed by atoms with E-state index in [1.54, 1.807) is 36.0 Å². The number of nitrogens with zero attached hydrogens (tertiary/aromatic N) is 5. The third-order valence-corrected chi connectivity index (χ3v) is 4.74. The van der Waals surface area contributed by atoms with Gasteiger partial charge in [-0.15, -0.1) is 5.10 Å². The average molecular weight is 371 g/mol. The first-order valence-electron chi connectivity index (χ1n) is 7.30. The van der Waals surface area contributed by atoms with Crippen molar-refractivity contribution in [3.63, 3.8) is 0 Å². The Morgan fingerprint density at radius 3 is 2.92 bits per heavy atom. The number of amides is 1. The van der Waals surface area contributed by atoms with Crippen molar-refractivity contribution in [2.45, 2.75) is 0 Å². The lowest BCUT2D eigenvalue weighted by Crippen LogP contribution is -2.11. The van der Waals surface area contributed by atoms with Gasteiger partial charge in [-0.1, -0.05) is 35.1 Å². The van der Waals surface area contributed by atoms with Gasteiger partial charge in [0.1, 0.15) is 0 Å². The molecule has 0 fully saturated rings. The van der Waals surface area contributed by atoms with Gasteiger partial charge in [0.05, 0.1) is 10.2 Å². The molecule has 0 aliphatic rings. The maximum absolute atomic E-state index is 12.5. The van der Waals surface area contributed by atoms with Crippen molar-refractivity contribution in [3.05, 3.63) is 53.1 Å². The smallest absolute Gasteiger partial charge is 0.257 e. The minimum Gasteiger partial charge on any atom is -0.298 e. The molecule has 0 unspecified atom stereocenters. The van der Waals surface area contributed by atoms with E-state index < -0.39 is 0 Å². The van der Waals surface area contributed by atoms with Crippen LogP contribution in [0.3, 0.4) is 0 Å². The van der Waals surface area contributed by atoms with Gasteiger partial charge in [-0.2, -0.15) is 0 Å². The molecule has 124 valence electrons. The van der Waals surface area contributed by atoms with Crippen LogP contribution in [0.4, 0.5) is 5.13 Å². The number of hydrogen-bond donors (Lipinski definition) is 1. The molecule has 0 bridgehead atoms. The number of fused-ring (bicyclic) bond motifs is 1. The van der Waals surface area contributed by atoms with E-state index in [4.69, 9.17) is 11.6 Å². The molecule has 2 aromatic carbocycles. The van der Waals surface area contributed by atoms with E-state index >= 15 is 0 Å². The molecular formula is C16H11ClN6OS. The minimum absolute atomic E-state index is 0.248. The third kappa shape index (κ3) is 3.09. The van der Waals surface area contributed by atoms with Crippen LogP contribution >= 0.6 is 22.9 Å². The summed E-state index contributed by atoms with van der Waals surface area (Å²) < 4.78 is 2.47. The lowest BCUT2D eigenvalue weighted by molar-refractivity contribution is 0.102. The van der Waals surface area contributed by atoms with Gasteiger partial charge in [-0.05, 0) is 40.8 Å². The highest BCUT2D eigenvalue weighted by atomic mass is 35.5. The zero-order valence-electron chi connectivity index (χ0n) is 13.0. The molecule has 0 saturated carbocycles. The Labute approximate surface area is 151 Å². The molecule has 9 heteroatoms. The molecule has 0 radical (unpaired) electrons. The predicted octanol–water partition coefficient (Wildman–Crippen LogP) is 3.39. The van der Waals surface area contributed by atoms with E-state index in [-0.39, 0.29) is 5.91 Å². The number of aromatic nitrogens is 5. The number of tetrazole rings is 1. The first-order valence-corrected chi connectivity index (χ1v) is 8.50. The van der Waals surface area contributed by atoms with Crippen LogP contribution in [0.25, 0.3) is 21.6 Å². The Kier molecular flexibility index (Phi) is 3.90. The van der Waals surface area contributed by atoms with Crippen LogP contribution in [0, 0.1) is 0 Å². The first-order chi connectivity index (χ1) is 12.1. The number of carbonyl (C=O) groups is 1. The van der Waals surface area contributed by atoms with Crippen molar-refractivity contribution in [1.29, 1.82) is 0 Å². The summed E-state index contributed by atoms with van der Waals surface area (Å²) in [5.41, 5.74) is 2.05. The first kappa shape index (κ1) is 15.7. The highest BCUT2D eigenvalue weighted by Gasteiger charge is 2.13. The quantitative estimate of drug-likeness (QED) is 0.597. The number of thiazole rings is 1. The van der Waals surface area contributed by atoms with E-state index in [1.807, 2.05) is 18.2 Å². The second kappa shape index (κ2) is 6.23. The fraction of sp³-hybridized carbons (Fsp3) is 0.0625. The summed E-state index contributed by atoms with van der Waals surface area (Å²) in [6.07, 6.45) is 0. The Hall–Kier alpha value is -2.84. The predicted molar refractivity (Wildman–Crippen MR) is 96.8 cm³/mol. The molecule has 2 aromatic heterocycles. The van der Waals surface area contributed by atoms with Crippen molar-refractivity contribution < 1.29 is 4.79 Å². The number of nitrogens with one attached hydrogen (secondary N) is 1. The molecule has 0 atom stereocenters. The second-order valence-corrected chi connectivity index (χ2v) is 6.76. The zero-order chi connectivity index (χ0) is 17.4. The van der Waals surface area contributed by atoms with Gasteiger partial charge < -0.3 is 0 Å². The number of hydrogen-bond acceptors (Lipinski definition) is 6. The summed E-state index contributed by atoms with van der Waals surface area (Å²) >= 11 is 7.36. The molecule has 0 saturated heterocycles. The van der Waals surface area contributed by atoms with Gasteiger partial charge in [-0.25, -0.2) is 9.67 Å². The molecule has 0 aliphatic heterocycles. The average Bonchev–Trinajstić information content (AvgIpc) is 3.20. The van der Waals surface area contributed by atoms with Crippen molar-refractivity contribution in [1.82, 2.24) is 25.2 Å². The SMILES string of the molecule is Cn1nnnc1-c1cccc(C(=O)Nc2nc3ccc(Cl)cc3s2)c1. The van der Waals surface area contributed by atoms with Gasteiger partial charge >= 0.3 is 0 Å². The van der Waals surface area contributed by atoms with E-state index in [1.165, 1.54) is 11.3 Å². The summed E-state index contributed by atoms with van der Waals surface area (Å²) in [5.74, 6) is 0.339. The van der Waals surface area contributed by atoms with E-state index in [2.05, 4.69) is 25.8 Å². The van der Waals surface area contributed by atoms with Gasteiger partial charge in [0, 0.05) is 23.2 Å². The van der Waals surface area contributed by atoms with Crippen LogP contribution in [0.1, 0.15) is 10.4 Å². The molecule has 1 N–H and O–H groups in total. The third-order valence-electron chi connectivity index (χ3n) is 3.57. The highest BCUT2D eigenvalue weighted by Crippen LogP contribution is 2.28. The topological polar surface area (TPSA) is 85.6 Å². The maximum Gasteiger partial charge on any atom is 0.257 e. The number of rotatable bonds is 3. The fourth-order valence-corrected chi connectivity index (χ4v) is 3.53. The summed E-state index contributed by atoms with van der Waals surface area (Å²) in [6, 6.07) is 12.5. The lowest BCUT2D eigenvalue weighted by atomic mass is 10.1. The minimum atomic E-state index is -0.248. The zero-order valence-corrected chi connectivity index (χ0v) is 14.5. The Bertz CT molecular complexity index is 1090. The molecule has 4 aromatic rings. The van der Waals surface area contributed by atoms with Gasteiger partial charge in [0.15, 0.2) is 11.0 Å². The molecule has 7 nitrogen and oxygen atoms in total. The number of benzene rings is 2. The van der Waals surface area contributed by atoms with Crippen molar-refractivity contribution in [2.75, 3.05) is 5.32 Å². The monoisotopic (exact) mass is 370 g/mol. The normalized spacial score (nSPS) is 11.0. The van der Waals surface area contributed by atoms with Crippen LogP contribution in [-0.4, -0.2) is 31.1 Å². The van der Waals surface area contributed by atoms with E-state index in [9.17, 15) is 4.79 Å². The van der Waals surface area contributed by atoms with Crippen LogP contribution in [0.2, 0.25) is 5.02 Å². The maximum atomic E-state index is 12.5. The van der Waals surface area contributed by atoms with Crippen molar-refractivity contribution in [3.8, 4) is 11.4 Å². The lowest BCUT2D eigenvalue weighted by Gasteiger charge is -2.04. The Morgan fingerprint density at radius 1 is 1.24 bits per heavy atom. The molecule has 0 spiro atoms. The van der Waals surface area contributed by atoms with Crippen LogP contribution in [0.15, 0.2) is 42.5 Å². The molecule has 1 amide bonds. The van der Waals surface area contributed by atoms with E-state index in [0.717, 1.165) is 15.8 Å². The van der Waals surface area contributed by atoms with Crippen LogP contribution < -0.4 is 5.32 Å². The second-order valence-electron chi connectivity index (χ2n) is 5.29. The summed E-state index contributed by atoms with van der Waals surface area (Å²) in [4.78, 5) is 16.9. The number of anilines is 1. The highest BCUT2D eigenvalue weighted by molar-refractivity contribution is 7.22. The van der Waals surface area contributed by atoms with Crippen molar-refractivity contribution >= 4 is 44.2 Å². The van der Waals surface area contributed by atoms with Crippen molar-refractivity contribution in [2.24, 2.45) is 7.05 Å². The standard InChI is InChI=1S/C16H11ClN6OS/c1-23-14(20-21-22-23)9-3-2-4-10(7-9)15(24)19-16-18-12-6-5-11(17)8-13(12)25-16/h2-8H,1H3,(H,18,19,24). The van der Waals surface area contributed by atoms with E-state index in [0.29, 0.717) is 21.5 Å². The van der Waals surface area contributed by atoms with Gasteiger partial charge in [-0.3, -0.25) is 10.1 Å². The van der Waals surface area contributed by atoms with Gasteiger partial charge in [0.2, 0.25) is 0 Å². The molecule has 0 aliphatic carbocycles. The molecule has 4 rings (SSSR count). The fourth-order valence-electron chi connectivity index (χ4n) is 2.39. The number of aryl methyl sites for hydroxylation is 1. The van der Waals surface area contributed by atoms with Crippen LogP contribution in [0.5, 0.6) is 0 Å². The molecular weight excluding hydrogens is 360 g/mol. The summed E-state index contributed by atoms with van der Waals surface area (Å²) in [6.45, 7) is 0.